The van der Waals surface area contributed by atoms with Crippen LogP contribution in [0.5, 0.6) is 5.75 Å². The molecule has 1 aromatic carbocycles. The molecule has 0 amide bonds. The number of nitrogens with one attached hydrogen (secondary N) is 1. The van der Waals surface area contributed by atoms with Gasteiger partial charge in [-0.25, -0.2) is 4.98 Å². The molecule has 0 saturated heterocycles. The fourth-order valence-corrected chi connectivity index (χ4v) is 2.18. The molecular weight excluding hydrogens is 238 g/mol. The maximum atomic E-state index is 8.83. The van der Waals surface area contributed by atoms with Gasteiger partial charge < -0.3 is 10.1 Å². The molecule has 0 fully saturated rings. The number of hydrogen-bond acceptors (Lipinski definition) is 4. The molecule has 4 nitrogen and oxygen atoms in total. The first-order valence-electron chi connectivity index (χ1n) is 6.20. The molecule has 94 valence electrons. The largest absolute Gasteiger partial charge is 0.488 e. The highest BCUT2D eigenvalue weighted by atomic mass is 16.5. The Hall–Kier alpha value is -2.54. The van der Waals surface area contributed by atoms with Gasteiger partial charge in [-0.3, -0.25) is 0 Å². The number of nitriles is 1. The van der Waals surface area contributed by atoms with Gasteiger partial charge in [0.15, 0.2) is 0 Å². The molecule has 1 aromatic heterocycles. The van der Waals surface area contributed by atoms with Crippen LogP contribution in [0.25, 0.3) is 0 Å². The lowest BCUT2D eigenvalue weighted by Crippen LogP contribution is -2.24. The summed E-state index contributed by atoms with van der Waals surface area (Å²) in [6.45, 7) is 0.677. The van der Waals surface area contributed by atoms with Gasteiger partial charge in [-0.1, -0.05) is 18.2 Å². The van der Waals surface area contributed by atoms with Crippen LogP contribution in [0.15, 0.2) is 42.6 Å². The smallest absolute Gasteiger partial charge is 0.127 e. The van der Waals surface area contributed by atoms with Crippen molar-refractivity contribution in [3.8, 4) is 11.8 Å². The molecule has 3 rings (SSSR count). The van der Waals surface area contributed by atoms with Gasteiger partial charge in [0.05, 0.1) is 18.2 Å². The quantitative estimate of drug-likeness (QED) is 0.909. The number of benzene rings is 1. The van der Waals surface area contributed by atoms with Gasteiger partial charge in [0, 0.05) is 12.6 Å². The van der Waals surface area contributed by atoms with Crippen LogP contribution in [-0.2, 0) is 6.42 Å². The van der Waals surface area contributed by atoms with E-state index in [2.05, 4.69) is 22.4 Å². The topological polar surface area (TPSA) is 57.9 Å². The Morgan fingerprint density at radius 2 is 2.26 bits per heavy atom. The first-order chi connectivity index (χ1) is 9.35. The lowest BCUT2D eigenvalue weighted by Gasteiger charge is -2.12. The molecule has 0 aliphatic carbocycles. The first-order valence-corrected chi connectivity index (χ1v) is 6.20. The minimum atomic E-state index is 0.116. The Balaban J connectivity index is 1.61. The molecule has 2 aromatic rings. The predicted octanol–water partition coefficient (Wildman–Crippen LogP) is 2.37. The molecule has 1 aliphatic rings. The van der Waals surface area contributed by atoms with Crippen LogP contribution >= 0.6 is 0 Å². The number of rotatable bonds is 3. The number of para-hydroxylation sites is 1. The van der Waals surface area contributed by atoms with E-state index < -0.39 is 0 Å². The fourth-order valence-electron chi connectivity index (χ4n) is 2.18. The van der Waals surface area contributed by atoms with E-state index in [4.69, 9.17) is 10.00 Å². The number of pyridine rings is 1. The van der Waals surface area contributed by atoms with E-state index >= 15 is 0 Å². The number of anilines is 1. The van der Waals surface area contributed by atoms with E-state index in [1.165, 1.54) is 5.56 Å². The van der Waals surface area contributed by atoms with Crippen LogP contribution in [0, 0.1) is 11.3 Å². The molecular formula is C15H13N3O. The van der Waals surface area contributed by atoms with Crippen LogP contribution in [0.1, 0.15) is 11.1 Å². The van der Waals surface area contributed by atoms with Gasteiger partial charge >= 0.3 is 0 Å². The van der Waals surface area contributed by atoms with E-state index in [1.54, 1.807) is 18.3 Å². The zero-order valence-corrected chi connectivity index (χ0v) is 10.3. The summed E-state index contributed by atoms with van der Waals surface area (Å²) < 4.78 is 5.83. The summed E-state index contributed by atoms with van der Waals surface area (Å²) in [6, 6.07) is 13.6. The average molecular weight is 251 g/mol. The third kappa shape index (κ3) is 2.50. The van der Waals surface area contributed by atoms with Crippen molar-refractivity contribution in [2.75, 3.05) is 11.9 Å². The van der Waals surface area contributed by atoms with Crippen molar-refractivity contribution >= 4 is 5.82 Å². The third-order valence-electron chi connectivity index (χ3n) is 3.11. The SMILES string of the molecule is N#Cc1ccnc(NCC2Cc3ccccc3O2)c1. The second-order valence-corrected chi connectivity index (χ2v) is 4.47. The number of nitrogens with zero attached hydrogens (tertiary/aromatic N) is 2. The van der Waals surface area contributed by atoms with Crippen LogP contribution in [-0.4, -0.2) is 17.6 Å². The summed E-state index contributed by atoms with van der Waals surface area (Å²) >= 11 is 0. The zero-order chi connectivity index (χ0) is 13.1. The molecule has 19 heavy (non-hydrogen) atoms. The minimum Gasteiger partial charge on any atom is -0.488 e. The predicted molar refractivity (Wildman–Crippen MR) is 72.0 cm³/mol. The summed E-state index contributed by atoms with van der Waals surface area (Å²) in [4.78, 5) is 4.18. The highest BCUT2D eigenvalue weighted by Crippen LogP contribution is 2.28. The monoisotopic (exact) mass is 251 g/mol. The van der Waals surface area contributed by atoms with Crippen molar-refractivity contribution in [3.05, 3.63) is 53.7 Å². The lowest BCUT2D eigenvalue weighted by molar-refractivity contribution is 0.246. The molecule has 1 atom stereocenters. The first kappa shape index (κ1) is 11.5. The van der Waals surface area contributed by atoms with Gasteiger partial charge in [0.1, 0.15) is 17.7 Å². The van der Waals surface area contributed by atoms with E-state index in [9.17, 15) is 0 Å². The maximum Gasteiger partial charge on any atom is 0.127 e. The summed E-state index contributed by atoms with van der Waals surface area (Å²) in [5.74, 6) is 1.67. The number of hydrogen-bond donors (Lipinski definition) is 1. The summed E-state index contributed by atoms with van der Waals surface area (Å²) in [7, 11) is 0. The van der Waals surface area contributed by atoms with Gasteiger partial charge in [-0.05, 0) is 23.8 Å². The van der Waals surface area contributed by atoms with E-state index in [0.717, 1.165) is 12.2 Å². The van der Waals surface area contributed by atoms with Crippen molar-refractivity contribution in [2.24, 2.45) is 0 Å². The summed E-state index contributed by atoms with van der Waals surface area (Å²) in [5, 5.41) is 12.0. The molecule has 0 saturated carbocycles. The molecule has 0 radical (unpaired) electrons. The molecule has 1 aliphatic heterocycles. The minimum absolute atomic E-state index is 0.116. The number of fused-ring (bicyclic) bond motifs is 1. The summed E-state index contributed by atoms with van der Waals surface area (Å²) in [6.07, 6.45) is 2.65. The molecule has 1 unspecified atom stereocenters. The second kappa shape index (κ2) is 4.99. The van der Waals surface area contributed by atoms with Crippen molar-refractivity contribution < 1.29 is 4.74 Å². The Bertz CT molecular complexity index is 608. The Morgan fingerprint density at radius 1 is 1.37 bits per heavy atom. The highest BCUT2D eigenvalue weighted by Gasteiger charge is 2.21. The molecule has 0 spiro atoms. The lowest BCUT2D eigenvalue weighted by atomic mass is 10.1. The maximum absolute atomic E-state index is 8.83. The second-order valence-electron chi connectivity index (χ2n) is 4.47. The molecule has 1 N–H and O–H groups in total. The Kier molecular flexibility index (Phi) is 3.03. The summed E-state index contributed by atoms with van der Waals surface area (Å²) in [5.41, 5.74) is 1.85. The van der Waals surface area contributed by atoms with E-state index in [-0.39, 0.29) is 6.10 Å². The zero-order valence-electron chi connectivity index (χ0n) is 10.3. The number of aromatic nitrogens is 1. The Labute approximate surface area is 111 Å². The van der Waals surface area contributed by atoms with E-state index in [0.29, 0.717) is 17.9 Å². The standard InChI is InChI=1S/C15H13N3O/c16-9-11-5-6-17-15(7-11)18-10-13-8-12-3-1-2-4-14(12)19-13/h1-7,13H,8,10H2,(H,17,18). The van der Waals surface area contributed by atoms with Crippen molar-refractivity contribution in [1.29, 1.82) is 5.26 Å². The van der Waals surface area contributed by atoms with Gasteiger partial charge in [0.2, 0.25) is 0 Å². The van der Waals surface area contributed by atoms with Gasteiger partial charge in [-0.2, -0.15) is 5.26 Å². The highest BCUT2D eigenvalue weighted by molar-refractivity contribution is 5.43. The van der Waals surface area contributed by atoms with Crippen LogP contribution in [0.4, 0.5) is 5.82 Å². The van der Waals surface area contributed by atoms with Crippen LogP contribution < -0.4 is 10.1 Å². The Morgan fingerprint density at radius 3 is 3.11 bits per heavy atom. The fraction of sp³-hybridized carbons (Fsp3) is 0.200. The van der Waals surface area contributed by atoms with Crippen LogP contribution in [0.2, 0.25) is 0 Å². The molecule has 0 bridgehead atoms. The van der Waals surface area contributed by atoms with Crippen molar-refractivity contribution in [2.45, 2.75) is 12.5 Å². The normalized spacial score (nSPS) is 16.3. The van der Waals surface area contributed by atoms with Crippen LogP contribution in [0.3, 0.4) is 0 Å². The average Bonchev–Trinajstić information content (AvgIpc) is 2.88. The van der Waals surface area contributed by atoms with E-state index in [1.807, 2.05) is 18.2 Å². The van der Waals surface area contributed by atoms with Crippen molar-refractivity contribution in [1.82, 2.24) is 4.98 Å². The van der Waals surface area contributed by atoms with Crippen molar-refractivity contribution in [3.63, 3.8) is 0 Å². The molecule has 4 heteroatoms. The number of ether oxygens (including phenoxy) is 1. The van der Waals surface area contributed by atoms with Gasteiger partial charge in [0.25, 0.3) is 0 Å². The third-order valence-corrected chi connectivity index (χ3v) is 3.11. The van der Waals surface area contributed by atoms with Gasteiger partial charge in [-0.15, -0.1) is 0 Å². The molecule has 2 heterocycles.